The van der Waals surface area contributed by atoms with Crippen LogP contribution < -0.4 is 14.8 Å². The molecule has 18 heavy (non-hydrogen) atoms. The van der Waals surface area contributed by atoms with E-state index in [1.54, 1.807) is 11.4 Å². The first kappa shape index (κ1) is 11.1. The topological polar surface area (TPSA) is 56.3 Å². The molecule has 2 heterocycles. The van der Waals surface area contributed by atoms with Crippen LogP contribution in [0.2, 0.25) is 0 Å². The normalized spacial score (nSPS) is 15.7. The van der Waals surface area contributed by atoms with Gasteiger partial charge in [0.05, 0.1) is 12.2 Å². The SMILES string of the molecule is FC1(F)Oc2ccc(NCc3csnn3)cc2O1. The van der Waals surface area contributed by atoms with Crippen molar-refractivity contribution in [1.29, 1.82) is 0 Å². The molecule has 1 aromatic carbocycles. The second-order valence-corrected chi connectivity index (χ2v) is 4.19. The summed E-state index contributed by atoms with van der Waals surface area (Å²) in [6, 6.07) is 4.51. The maximum absolute atomic E-state index is 12.8. The zero-order chi connectivity index (χ0) is 12.6. The predicted molar refractivity (Wildman–Crippen MR) is 59.9 cm³/mol. The van der Waals surface area contributed by atoms with Crippen molar-refractivity contribution in [3.63, 3.8) is 0 Å². The second-order valence-electron chi connectivity index (χ2n) is 3.58. The molecule has 2 aromatic rings. The fourth-order valence-corrected chi connectivity index (χ4v) is 1.96. The van der Waals surface area contributed by atoms with Crippen molar-refractivity contribution < 1.29 is 18.3 Å². The summed E-state index contributed by atoms with van der Waals surface area (Å²) in [4.78, 5) is 0. The van der Waals surface area contributed by atoms with Crippen molar-refractivity contribution in [2.45, 2.75) is 12.8 Å². The Morgan fingerprint density at radius 2 is 2.11 bits per heavy atom. The lowest BCUT2D eigenvalue weighted by molar-refractivity contribution is -0.286. The van der Waals surface area contributed by atoms with E-state index in [0.717, 1.165) is 5.69 Å². The quantitative estimate of drug-likeness (QED) is 0.929. The van der Waals surface area contributed by atoms with E-state index in [2.05, 4.69) is 24.4 Å². The molecule has 0 unspecified atom stereocenters. The lowest BCUT2D eigenvalue weighted by Crippen LogP contribution is -2.25. The highest BCUT2D eigenvalue weighted by Crippen LogP contribution is 2.42. The Bertz CT molecular complexity index is 562. The van der Waals surface area contributed by atoms with Crippen LogP contribution in [0.3, 0.4) is 0 Å². The third kappa shape index (κ3) is 2.19. The Balaban J connectivity index is 1.72. The highest BCUT2D eigenvalue weighted by atomic mass is 32.1. The van der Waals surface area contributed by atoms with Gasteiger partial charge in [0, 0.05) is 17.1 Å². The first-order chi connectivity index (χ1) is 8.62. The smallest absolute Gasteiger partial charge is 0.395 e. The lowest BCUT2D eigenvalue weighted by atomic mass is 10.2. The number of fused-ring (bicyclic) bond motifs is 1. The number of ether oxygens (including phenoxy) is 2. The van der Waals surface area contributed by atoms with Crippen LogP contribution in [0.15, 0.2) is 23.6 Å². The Kier molecular flexibility index (Phi) is 2.51. The number of benzene rings is 1. The first-order valence-corrected chi connectivity index (χ1v) is 5.86. The number of alkyl halides is 2. The molecule has 0 amide bonds. The molecule has 1 aliphatic heterocycles. The minimum atomic E-state index is -3.58. The summed E-state index contributed by atoms with van der Waals surface area (Å²) in [5.41, 5.74) is 1.42. The van der Waals surface area contributed by atoms with Crippen LogP contribution in [0.25, 0.3) is 0 Å². The van der Waals surface area contributed by atoms with E-state index < -0.39 is 6.29 Å². The van der Waals surface area contributed by atoms with Gasteiger partial charge in [-0.25, -0.2) is 0 Å². The van der Waals surface area contributed by atoms with E-state index in [9.17, 15) is 8.78 Å². The molecule has 8 heteroatoms. The Morgan fingerprint density at radius 3 is 2.89 bits per heavy atom. The molecular weight excluding hydrogens is 264 g/mol. The fraction of sp³-hybridized carbons (Fsp3) is 0.200. The standard InChI is InChI=1S/C10H7F2N3O2S/c11-10(12)16-8-2-1-6(3-9(8)17-10)13-4-7-5-18-15-14-7/h1-3,5,13H,4H2. The van der Waals surface area contributed by atoms with Crippen LogP contribution in [0, 0.1) is 0 Å². The van der Waals surface area contributed by atoms with Crippen molar-refractivity contribution in [2.75, 3.05) is 5.32 Å². The predicted octanol–water partition coefficient (Wildman–Crippen LogP) is 2.47. The zero-order valence-corrected chi connectivity index (χ0v) is 9.71. The van der Waals surface area contributed by atoms with Gasteiger partial charge in [-0.2, -0.15) is 0 Å². The van der Waals surface area contributed by atoms with Crippen LogP contribution in [0.4, 0.5) is 14.5 Å². The van der Waals surface area contributed by atoms with Crippen LogP contribution >= 0.6 is 11.5 Å². The van der Waals surface area contributed by atoms with Gasteiger partial charge in [-0.05, 0) is 23.7 Å². The summed E-state index contributed by atoms with van der Waals surface area (Å²) in [6.45, 7) is 0.465. The molecule has 0 atom stereocenters. The van der Waals surface area contributed by atoms with Gasteiger partial charge >= 0.3 is 6.29 Å². The number of halogens is 2. The van der Waals surface area contributed by atoms with Crippen molar-refractivity contribution >= 4 is 17.2 Å². The van der Waals surface area contributed by atoms with Crippen LogP contribution in [0.5, 0.6) is 11.5 Å². The molecule has 0 spiro atoms. The highest BCUT2D eigenvalue weighted by Gasteiger charge is 2.43. The molecular formula is C10H7F2N3O2S. The zero-order valence-electron chi connectivity index (χ0n) is 8.89. The molecule has 94 valence electrons. The molecule has 0 fully saturated rings. The molecule has 0 bridgehead atoms. The maximum atomic E-state index is 12.8. The summed E-state index contributed by atoms with van der Waals surface area (Å²) < 4.78 is 38.0. The van der Waals surface area contributed by atoms with Gasteiger partial charge in [0.25, 0.3) is 0 Å². The number of hydrogen-bond donors (Lipinski definition) is 1. The Hall–Kier alpha value is -1.96. The van der Waals surface area contributed by atoms with E-state index in [1.165, 1.54) is 23.7 Å². The van der Waals surface area contributed by atoms with Crippen molar-refractivity contribution in [1.82, 2.24) is 9.59 Å². The number of anilines is 1. The van der Waals surface area contributed by atoms with E-state index in [1.807, 2.05) is 0 Å². The molecule has 0 radical (unpaired) electrons. The van der Waals surface area contributed by atoms with Crippen LogP contribution in [-0.4, -0.2) is 15.9 Å². The number of nitrogens with zero attached hydrogens (tertiary/aromatic N) is 2. The Morgan fingerprint density at radius 1 is 1.28 bits per heavy atom. The van der Waals surface area contributed by atoms with Gasteiger partial charge in [0.2, 0.25) is 0 Å². The van der Waals surface area contributed by atoms with Gasteiger partial charge in [-0.3, -0.25) is 0 Å². The molecule has 0 saturated heterocycles. The largest absolute Gasteiger partial charge is 0.586 e. The Labute approximate surface area is 105 Å². The monoisotopic (exact) mass is 271 g/mol. The van der Waals surface area contributed by atoms with Crippen molar-refractivity contribution in [3.05, 3.63) is 29.3 Å². The molecule has 1 aliphatic rings. The third-order valence-electron chi connectivity index (χ3n) is 2.28. The van der Waals surface area contributed by atoms with E-state index >= 15 is 0 Å². The van der Waals surface area contributed by atoms with Gasteiger partial charge in [0.1, 0.15) is 0 Å². The number of nitrogens with one attached hydrogen (secondary N) is 1. The summed E-state index contributed by atoms with van der Waals surface area (Å²) in [5, 5.41) is 8.68. The molecule has 1 N–H and O–H groups in total. The van der Waals surface area contributed by atoms with E-state index in [4.69, 9.17) is 0 Å². The van der Waals surface area contributed by atoms with Gasteiger partial charge in [0.15, 0.2) is 11.5 Å². The van der Waals surface area contributed by atoms with Gasteiger partial charge < -0.3 is 14.8 Å². The molecule has 0 saturated carbocycles. The van der Waals surface area contributed by atoms with Gasteiger partial charge in [-0.15, -0.1) is 13.9 Å². The second kappa shape index (κ2) is 4.05. The van der Waals surface area contributed by atoms with Crippen LogP contribution in [0.1, 0.15) is 5.69 Å². The molecule has 1 aromatic heterocycles. The highest BCUT2D eigenvalue weighted by molar-refractivity contribution is 7.03. The maximum Gasteiger partial charge on any atom is 0.586 e. The first-order valence-electron chi connectivity index (χ1n) is 5.02. The summed E-state index contributed by atoms with van der Waals surface area (Å²) in [6.07, 6.45) is -3.58. The number of rotatable bonds is 3. The summed E-state index contributed by atoms with van der Waals surface area (Å²) >= 11 is 1.25. The average Bonchev–Trinajstić information content (AvgIpc) is 2.90. The summed E-state index contributed by atoms with van der Waals surface area (Å²) in [5.74, 6) is 0.0438. The van der Waals surface area contributed by atoms with Crippen molar-refractivity contribution in [2.24, 2.45) is 0 Å². The number of aromatic nitrogens is 2. The lowest BCUT2D eigenvalue weighted by Gasteiger charge is -2.05. The summed E-state index contributed by atoms with van der Waals surface area (Å²) in [7, 11) is 0. The van der Waals surface area contributed by atoms with Gasteiger partial charge in [-0.1, -0.05) is 4.49 Å². The molecule has 3 rings (SSSR count). The molecule has 5 nitrogen and oxygen atoms in total. The number of hydrogen-bond acceptors (Lipinski definition) is 6. The van der Waals surface area contributed by atoms with Crippen molar-refractivity contribution in [3.8, 4) is 11.5 Å². The third-order valence-corrected chi connectivity index (χ3v) is 2.83. The minimum absolute atomic E-state index is 0.0152. The average molecular weight is 271 g/mol. The fourth-order valence-electron chi connectivity index (χ4n) is 1.51. The molecule has 0 aliphatic carbocycles. The van der Waals surface area contributed by atoms with E-state index in [-0.39, 0.29) is 11.5 Å². The van der Waals surface area contributed by atoms with Crippen LogP contribution in [-0.2, 0) is 6.54 Å². The minimum Gasteiger partial charge on any atom is -0.395 e. The van der Waals surface area contributed by atoms with E-state index in [0.29, 0.717) is 12.2 Å².